The minimum atomic E-state index is 0.180. The van der Waals surface area contributed by atoms with Gasteiger partial charge in [-0.25, -0.2) is 0 Å². The predicted octanol–water partition coefficient (Wildman–Crippen LogP) is 4.21. The number of carbonyl (C=O) groups is 1. The molecule has 0 radical (unpaired) electrons. The summed E-state index contributed by atoms with van der Waals surface area (Å²) >= 11 is 0. The molecule has 0 saturated heterocycles. The van der Waals surface area contributed by atoms with Crippen LogP contribution < -0.4 is 5.32 Å². The molecular weight excluding hydrogens is 222 g/mol. The average molecular weight is 245 g/mol. The Kier molecular flexibility index (Phi) is 4.40. The quantitative estimate of drug-likeness (QED) is 0.849. The molecular formula is C16H23NO. The lowest BCUT2D eigenvalue weighted by Crippen LogP contribution is -2.19. The van der Waals surface area contributed by atoms with Crippen LogP contribution in [0, 0.1) is 19.8 Å². The molecule has 2 rings (SSSR count). The van der Waals surface area contributed by atoms with E-state index in [1.165, 1.54) is 32.1 Å². The molecule has 0 unspecified atom stereocenters. The molecule has 0 spiro atoms. The van der Waals surface area contributed by atoms with E-state index in [4.69, 9.17) is 0 Å². The minimum absolute atomic E-state index is 0.180. The molecule has 1 fully saturated rings. The van der Waals surface area contributed by atoms with E-state index >= 15 is 0 Å². The first kappa shape index (κ1) is 13.1. The summed E-state index contributed by atoms with van der Waals surface area (Å²) in [6, 6.07) is 6.12. The molecule has 98 valence electrons. The van der Waals surface area contributed by atoms with Crippen molar-refractivity contribution in [2.75, 3.05) is 5.32 Å². The summed E-state index contributed by atoms with van der Waals surface area (Å²) in [6.07, 6.45) is 7.06. The fourth-order valence-electron chi connectivity index (χ4n) is 2.86. The second-order valence-corrected chi connectivity index (χ2v) is 5.52. The minimum Gasteiger partial charge on any atom is -0.326 e. The van der Waals surface area contributed by atoms with E-state index in [-0.39, 0.29) is 5.91 Å². The Hall–Kier alpha value is -1.31. The molecule has 1 N–H and O–H groups in total. The Morgan fingerprint density at radius 2 is 1.78 bits per heavy atom. The highest BCUT2D eigenvalue weighted by atomic mass is 16.1. The number of nitrogens with one attached hydrogen (secondary N) is 1. The maximum Gasteiger partial charge on any atom is 0.224 e. The first-order valence-electron chi connectivity index (χ1n) is 7.03. The van der Waals surface area contributed by atoms with Crippen LogP contribution in [0.1, 0.15) is 49.7 Å². The molecule has 0 aromatic heterocycles. The summed E-state index contributed by atoms with van der Waals surface area (Å²) in [7, 11) is 0. The average Bonchev–Trinajstić information content (AvgIpc) is 2.35. The zero-order chi connectivity index (χ0) is 13.0. The van der Waals surface area contributed by atoms with Crippen molar-refractivity contribution in [2.45, 2.75) is 52.4 Å². The van der Waals surface area contributed by atoms with E-state index in [2.05, 4.69) is 5.32 Å². The van der Waals surface area contributed by atoms with Crippen molar-refractivity contribution in [3.63, 3.8) is 0 Å². The Morgan fingerprint density at radius 1 is 1.17 bits per heavy atom. The summed E-state index contributed by atoms with van der Waals surface area (Å²) in [5.74, 6) is 0.780. The maximum absolute atomic E-state index is 12.1. The second-order valence-electron chi connectivity index (χ2n) is 5.52. The van der Waals surface area contributed by atoms with E-state index < -0.39 is 0 Å². The van der Waals surface area contributed by atoms with Gasteiger partial charge in [-0.05, 0) is 43.7 Å². The van der Waals surface area contributed by atoms with E-state index in [0.717, 1.165) is 16.8 Å². The van der Waals surface area contributed by atoms with Crippen molar-refractivity contribution in [3.8, 4) is 0 Å². The smallest absolute Gasteiger partial charge is 0.224 e. The van der Waals surface area contributed by atoms with Gasteiger partial charge in [-0.3, -0.25) is 4.79 Å². The van der Waals surface area contributed by atoms with Crippen molar-refractivity contribution >= 4 is 11.6 Å². The van der Waals surface area contributed by atoms with Gasteiger partial charge in [0.15, 0.2) is 0 Å². The van der Waals surface area contributed by atoms with Gasteiger partial charge in [-0.15, -0.1) is 0 Å². The van der Waals surface area contributed by atoms with Crippen LogP contribution in [-0.2, 0) is 4.79 Å². The lowest BCUT2D eigenvalue weighted by Gasteiger charge is -2.21. The van der Waals surface area contributed by atoms with Crippen LogP contribution in [0.3, 0.4) is 0 Å². The third-order valence-electron chi connectivity index (χ3n) is 3.94. The number of hydrogen-bond acceptors (Lipinski definition) is 1. The van der Waals surface area contributed by atoms with E-state index in [1.807, 2.05) is 32.0 Å². The van der Waals surface area contributed by atoms with Crippen LogP contribution in [0.5, 0.6) is 0 Å². The van der Waals surface area contributed by atoms with E-state index in [0.29, 0.717) is 12.3 Å². The molecule has 1 saturated carbocycles. The lowest BCUT2D eigenvalue weighted by molar-refractivity contribution is -0.117. The molecule has 1 aromatic carbocycles. The zero-order valence-corrected chi connectivity index (χ0v) is 11.5. The molecule has 1 aromatic rings. The Labute approximate surface area is 110 Å². The monoisotopic (exact) mass is 245 g/mol. The predicted molar refractivity (Wildman–Crippen MR) is 75.7 cm³/mol. The first-order valence-corrected chi connectivity index (χ1v) is 7.03. The highest BCUT2D eigenvalue weighted by Crippen LogP contribution is 2.27. The normalized spacial score (nSPS) is 16.6. The van der Waals surface area contributed by atoms with E-state index in [1.54, 1.807) is 0 Å². The Bertz CT molecular complexity index is 399. The second kappa shape index (κ2) is 6.03. The van der Waals surface area contributed by atoms with Crippen LogP contribution in [0.25, 0.3) is 0 Å². The summed E-state index contributed by atoms with van der Waals surface area (Å²) in [5, 5.41) is 3.09. The zero-order valence-electron chi connectivity index (χ0n) is 11.5. The third kappa shape index (κ3) is 3.34. The maximum atomic E-state index is 12.1. The van der Waals surface area contributed by atoms with Crippen molar-refractivity contribution in [1.82, 2.24) is 0 Å². The summed E-state index contributed by atoms with van der Waals surface area (Å²) in [6.45, 7) is 4.09. The number of para-hydroxylation sites is 1. The molecule has 18 heavy (non-hydrogen) atoms. The number of rotatable bonds is 3. The van der Waals surface area contributed by atoms with Gasteiger partial charge in [0.1, 0.15) is 0 Å². The molecule has 0 bridgehead atoms. The van der Waals surface area contributed by atoms with Crippen molar-refractivity contribution < 1.29 is 4.79 Å². The SMILES string of the molecule is Cc1cccc(C)c1NC(=O)CC1CCCCC1. The highest BCUT2D eigenvalue weighted by molar-refractivity contribution is 5.92. The summed E-state index contributed by atoms with van der Waals surface area (Å²) in [5.41, 5.74) is 3.29. The van der Waals surface area contributed by atoms with Crippen LogP contribution >= 0.6 is 0 Å². The van der Waals surface area contributed by atoms with E-state index in [9.17, 15) is 4.79 Å². The van der Waals surface area contributed by atoms with Crippen LogP contribution in [0.2, 0.25) is 0 Å². The number of hydrogen-bond donors (Lipinski definition) is 1. The van der Waals surface area contributed by atoms with Gasteiger partial charge in [0.2, 0.25) is 5.91 Å². The number of anilines is 1. The molecule has 0 heterocycles. The molecule has 0 atom stereocenters. The van der Waals surface area contributed by atoms with Gasteiger partial charge >= 0.3 is 0 Å². The molecule has 1 aliphatic rings. The van der Waals surface area contributed by atoms with Crippen LogP contribution in [0.4, 0.5) is 5.69 Å². The number of benzene rings is 1. The molecule has 2 heteroatoms. The van der Waals surface area contributed by atoms with Gasteiger partial charge < -0.3 is 5.32 Å². The largest absolute Gasteiger partial charge is 0.326 e. The molecule has 1 aliphatic carbocycles. The highest BCUT2D eigenvalue weighted by Gasteiger charge is 2.17. The van der Waals surface area contributed by atoms with Gasteiger partial charge in [-0.1, -0.05) is 37.5 Å². The Morgan fingerprint density at radius 3 is 2.39 bits per heavy atom. The number of amides is 1. The molecule has 2 nitrogen and oxygen atoms in total. The van der Waals surface area contributed by atoms with Gasteiger partial charge in [0.25, 0.3) is 0 Å². The summed E-state index contributed by atoms with van der Waals surface area (Å²) in [4.78, 5) is 12.1. The van der Waals surface area contributed by atoms with Crippen LogP contribution in [-0.4, -0.2) is 5.91 Å². The third-order valence-corrected chi connectivity index (χ3v) is 3.94. The fourth-order valence-corrected chi connectivity index (χ4v) is 2.86. The van der Waals surface area contributed by atoms with Crippen molar-refractivity contribution in [3.05, 3.63) is 29.3 Å². The Balaban J connectivity index is 1.94. The topological polar surface area (TPSA) is 29.1 Å². The number of aryl methyl sites for hydroxylation is 2. The van der Waals surface area contributed by atoms with Gasteiger partial charge in [-0.2, -0.15) is 0 Å². The van der Waals surface area contributed by atoms with Gasteiger partial charge in [0.05, 0.1) is 0 Å². The van der Waals surface area contributed by atoms with Crippen molar-refractivity contribution in [2.24, 2.45) is 5.92 Å². The number of carbonyl (C=O) groups excluding carboxylic acids is 1. The van der Waals surface area contributed by atoms with Crippen molar-refractivity contribution in [1.29, 1.82) is 0 Å². The van der Waals surface area contributed by atoms with Crippen LogP contribution in [0.15, 0.2) is 18.2 Å². The molecule has 0 aliphatic heterocycles. The summed E-state index contributed by atoms with van der Waals surface area (Å²) < 4.78 is 0. The fraction of sp³-hybridized carbons (Fsp3) is 0.562. The lowest BCUT2D eigenvalue weighted by atomic mass is 9.87. The standard InChI is InChI=1S/C16H23NO/c1-12-7-6-8-13(2)16(12)17-15(18)11-14-9-4-3-5-10-14/h6-8,14H,3-5,9-11H2,1-2H3,(H,17,18). The first-order chi connectivity index (χ1) is 8.66. The molecule has 1 amide bonds. The van der Waals surface area contributed by atoms with Gasteiger partial charge in [0, 0.05) is 12.1 Å².